The Balaban J connectivity index is 0.00000169. The minimum Gasteiger partial charge on any atom is -0.352 e. The van der Waals surface area contributed by atoms with E-state index in [9.17, 15) is 18.0 Å². The molecule has 1 atom stereocenters. The van der Waals surface area contributed by atoms with Crippen LogP contribution in [-0.2, 0) is 11.0 Å². The molecule has 1 aromatic heterocycles. The van der Waals surface area contributed by atoms with Crippen LogP contribution in [0.1, 0.15) is 18.4 Å². The predicted molar refractivity (Wildman–Crippen MR) is 98.6 cm³/mol. The molecule has 26 heavy (non-hydrogen) atoms. The van der Waals surface area contributed by atoms with E-state index in [-0.39, 0.29) is 41.8 Å². The number of amides is 1. The molecular formula is C15H20Cl3F3N4O. The average molecular weight is 436 g/mol. The molecule has 2 fully saturated rings. The highest BCUT2D eigenvalue weighted by Crippen LogP contribution is 2.33. The number of halogens is 6. The summed E-state index contributed by atoms with van der Waals surface area (Å²) in [7, 11) is 0. The first-order chi connectivity index (χ1) is 11.4. The molecule has 0 aliphatic carbocycles. The van der Waals surface area contributed by atoms with Crippen molar-refractivity contribution in [1.82, 2.24) is 15.2 Å². The molecule has 2 saturated heterocycles. The monoisotopic (exact) mass is 434 g/mol. The molecule has 5 nitrogen and oxygen atoms in total. The molecule has 0 bridgehead atoms. The van der Waals surface area contributed by atoms with E-state index in [0.717, 1.165) is 31.6 Å². The van der Waals surface area contributed by atoms with E-state index in [1.54, 1.807) is 4.90 Å². The molecule has 1 aromatic rings. The van der Waals surface area contributed by atoms with Crippen molar-refractivity contribution in [2.75, 3.05) is 37.6 Å². The number of hydrogen-bond acceptors (Lipinski definition) is 4. The highest BCUT2D eigenvalue weighted by Gasteiger charge is 2.33. The number of carbonyl (C=O) groups excluding carboxylic acids is 1. The maximum absolute atomic E-state index is 12.7. The van der Waals surface area contributed by atoms with Gasteiger partial charge >= 0.3 is 6.18 Å². The Labute approximate surface area is 167 Å². The minimum absolute atomic E-state index is 0. The summed E-state index contributed by atoms with van der Waals surface area (Å²) in [5, 5.41) is 3.16. The van der Waals surface area contributed by atoms with Crippen LogP contribution < -0.4 is 10.2 Å². The summed E-state index contributed by atoms with van der Waals surface area (Å²) >= 11 is 5.98. The van der Waals surface area contributed by atoms with Gasteiger partial charge in [-0.2, -0.15) is 13.2 Å². The Hall–Kier alpha value is -0.960. The lowest BCUT2D eigenvalue weighted by Crippen LogP contribution is -2.53. The fourth-order valence-corrected chi connectivity index (χ4v) is 3.36. The first kappa shape index (κ1) is 23.1. The SMILES string of the molecule is Cl.Cl.O=C(C1CCCN1)N1CCN(c2ncc(C(F)(F)F)cc2Cl)CC1. The van der Waals surface area contributed by atoms with E-state index in [1.165, 1.54) is 0 Å². The summed E-state index contributed by atoms with van der Waals surface area (Å²) in [6, 6.07) is 0.786. The number of aromatic nitrogens is 1. The Morgan fingerprint density at radius 2 is 1.88 bits per heavy atom. The highest BCUT2D eigenvalue weighted by molar-refractivity contribution is 6.33. The summed E-state index contributed by atoms with van der Waals surface area (Å²) in [5.41, 5.74) is -0.864. The molecule has 3 rings (SSSR count). The summed E-state index contributed by atoms with van der Waals surface area (Å²) in [6.07, 6.45) is -1.82. The second kappa shape index (κ2) is 9.30. The lowest BCUT2D eigenvalue weighted by molar-refractivity contribution is -0.138. The molecule has 0 saturated carbocycles. The fourth-order valence-electron chi connectivity index (χ4n) is 3.07. The molecule has 1 unspecified atom stereocenters. The van der Waals surface area contributed by atoms with Crippen molar-refractivity contribution >= 4 is 48.1 Å². The van der Waals surface area contributed by atoms with Gasteiger partial charge in [0.1, 0.15) is 5.82 Å². The van der Waals surface area contributed by atoms with Gasteiger partial charge in [-0.05, 0) is 25.5 Å². The van der Waals surface area contributed by atoms with Crippen molar-refractivity contribution in [3.63, 3.8) is 0 Å². The second-order valence-corrected chi connectivity index (χ2v) is 6.40. The molecular weight excluding hydrogens is 416 g/mol. The predicted octanol–water partition coefficient (Wildman–Crippen LogP) is 3.00. The van der Waals surface area contributed by atoms with Gasteiger partial charge in [0.05, 0.1) is 16.6 Å². The Bertz CT molecular complexity index is 619. The number of carbonyl (C=O) groups is 1. The molecule has 1 N–H and O–H groups in total. The molecule has 11 heteroatoms. The van der Waals surface area contributed by atoms with Gasteiger partial charge in [0.25, 0.3) is 0 Å². The maximum atomic E-state index is 12.7. The topological polar surface area (TPSA) is 48.5 Å². The summed E-state index contributed by atoms with van der Waals surface area (Å²) in [6.45, 7) is 2.88. The average Bonchev–Trinajstić information content (AvgIpc) is 3.08. The third kappa shape index (κ3) is 5.06. The normalized spacial score (nSPS) is 20.4. The Kier molecular flexibility index (Phi) is 8.26. The number of hydrogen-bond donors (Lipinski definition) is 1. The van der Waals surface area contributed by atoms with Crippen molar-refractivity contribution in [3.8, 4) is 0 Å². The van der Waals surface area contributed by atoms with Gasteiger partial charge in [0.15, 0.2) is 0 Å². The Morgan fingerprint density at radius 1 is 1.23 bits per heavy atom. The van der Waals surface area contributed by atoms with E-state index in [0.29, 0.717) is 32.0 Å². The van der Waals surface area contributed by atoms with Crippen LogP contribution in [0.3, 0.4) is 0 Å². The van der Waals surface area contributed by atoms with Gasteiger partial charge in [-0.3, -0.25) is 4.79 Å². The van der Waals surface area contributed by atoms with Crippen LogP contribution in [-0.4, -0.2) is 54.6 Å². The van der Waals surface area contributed by atoms with E-state index in [4.69, 9.17) is 11.6 Å². The van der Waals surface area contributed by atoms with Crippen LogP contribution in [0.15, 0.2) is 12.3 Å². The molecule has 0 aromatic carbocycles. The number of pyridine rings is 1. The van der Waals surface area contributed by atoms with Crippen LogP contribution in [0, 0.1) is 0 Å². The first-order valence-corrected chi connectivity index (χ1v) is 8.24. The third-order valence-electron chi connectivity index (χ3n) is 4.40. The van der Waals surface area contributed by atoms with Crippen molar-refractivity contribution in [2.24, 2.45) is 0 Å². The van der Waals surface area contributed by atoms with Crippen LogP contribution in [0.5, 0.6) is 0 Å². The molecule has 0 spiro atoms. The van der Waals surface area contributed by atoms with Gasteiger partial charge in [0, 0.05) is 32.4 Å². The minimum atomic E-state index is -4.46. The van der Waals surface area contributed by atoms with Crippen LogP contribution >= 0.6 is 36.4 Å². The zero-order valence-corrected chi connectivity index (χ0v) is 16.1. The molecule has 148 valence electrons. The number of nitrogens with zero attached hydrogens (tertiary/aromatic N) is 3. The standard InChI is InChI=1S/C15H18ClF3N4O.2ClH/c16-11-8-10(15(17,18)19)9-21-13(11)22-4-6-23(7-5-22)14(24)12-2-1-3-20-12;;/h8-9,12,20H,1-7H2;2*1H. The highest BCUT2D eigenvalue weighted by atomic mass is 35.5. The first-order valence-electron chi connectivity index (χ1n) is 7.86. The lowest BCUT2D eigenvalue weighted by atomic mass is 10.2. The van der Waals surface area contributed by atoms with E-state index in [2.05, 4.69) is 10.3 Å². The zero-order chi connectivity index (χ0) is 17.3. The van der Waals surface area contributed by atoms with E-state index in [1.807, 2.05) is 4.90 Å². The van der Waals surface area contributed by atoms with Crippen LogP contribution in [0.25, 0.3) is 0 Å². The zero-order valence-electron chi connectivity index (χ0n) is 13.8. The Morgan fingerprint density at radius 3 is 2.38 bits per heavy atom. The molecule has 2 aliphatic heterocycles. The van der Waals surface area contributed by atoms with E-state index < -0.39 is 11.7 Å². The van der Waals surface area contributed by atoms with Gasteiger partial charge < -0.3 is 15.1 Å². The van der Waals surface area contributed by atoms with Crippen molar-refractivity contribution in [1.29, 1.82) is 0 Å². The maximum Gasteiger partial charge on any atom is 0.417 e. The van der Waals surface area contributed by atoms with Crippen molar-refractivity contribution < 1.29 is 18.0 Å². The summed E-state index contributed by atoms with van der Waals surface area (Å²) in [4.78, 5) is 19.8. The fraction of sp³-hybridized carbons (Fsp3) is 0.600. The number of piperazine rings is 1. The second-order valence-electron chi connectivity index (χ2n) is 5.99. The van der Waals surface area contributed by atoms with Crippen molar-refractivity contribution in [2.45, 2.75) is 25.1 Å². The quantitative estimate of drug-likeness (QED) is 0.776. The molecule has 2 aliphatic rings. The van der Waals surface area contributed by atoms with Gasteiger partial charge in [-0.25, -0.2) is 4.98 Å². The molecule has 3 heterocycles. The van der Waals surface area contributed by atoms with Crippen LogP contribution in [0.2, 0.25) is 5.02 Å². The number of anilines is 1. The van der Waals surface area contributed by atoms with Crippen molar-refractivity contribution in [3.05, 3.63) is 22.8 Å². The van der Waals surface area contributed by atoms with Gasteiger partial charge in [-0.15, -0.1) is 24.8 Å². The van der Waals surface area contributed by atoms with Gasteiger partial charge in [0.2, 0.25) is 5.91 Å². The number of rotatable bonds is 2. The number of alkyl halides is 3. The summed E-state index contributed by atoms with van der Waals surface area (Å²) in [5.74, 6) is 0.425. The molecule has 0 radical (unpaired) electrons. The smallest absolute Gasteiger partial charge is 0.352 e. The molecule has 1 amide bonds. The van der Waals surface area contributed by atoms with E-state index >= 15 is 0 Å². The summed E-state index contributed by atoms with van der Waals surface area (Å²) < 4.78 is 38.0. The van der Waals surface area contributed by atoms with Crippen LogP contribution in [0.4, 0.5) is 19.0 Å². The largest absolute Gasteiger partial charge is 0.417 e. The van der Waals surface area contributed by atoms with Gasteiger partial charge in [-0.1, -0.05) is 11.6 Å². The number of nitrogens with one attached hydrogen (secondary N) is 1. The lowest BCUT2D eigenvalue weighted by Gasteiger charge is -2.36. The third-order valence-corrected chi connectivity index (χ3v) is 4.68.